The van der Waals surface area contributed by atoms with Crippen molar-refractivity contribution >= 4 is 22.1 Å². The van der Waals surface area contributed by atoms with E-state index in [1.54, 1.807) is 17.4 Å². The summed E-state index contributed by atoms with van der Waals surface area (Å²) in [4.78, 5) is 13.9. The van der Waals surface area contributed by atoms with E-state index in [4.69, 9.17) is 4.74 Å². The number of hydrogen-bond acceptors (Lipinski definition) is 5. The second-order valence-electron chi connectivity index (χ2n) is 7.09. The molecule has 0 saturated heterocycles. The number of hydrogen-bond donors (Lipinski definition) is 1. The zero-order valence-corrected chi connectivity index (χ0v) is 17.1. The van der Waals surface area contributed by atoms with E-state index in [0.29, 0.717) is 5.39 Å². The van der Waals surface area contributed by atoms with Gasteiger partial charge in [0.2, 0.25) is 0 Å². The summed E-state index contributed by atoms with van der Waals surface area (Å²) in [5.74, 6) is 0.729. The standard InChI is InChI=1S/C23H22N2O3S/c1-15-9-10-20(16(2)12-15)28-14-17(26)13-25-23(27)19-7-4-3-6-18(19)22(24-25)21-8-5-11-29-21/h3-12,17,26H,13-14H2,1-2H3. The van der Waals surface area contributed by atoms with Crippen LogP contribution in [0.15, 0.2) is 64.8 Å². The maximum atomic E-state index is 12.9. The van der Waals surface area contributed by atoms with Gasteiger partial charge in [-0.3, -0.25) is 4.79 Å². The number of thiophene rings is 1. The zero-order chi connectivity index (χ0) is 20.4. The fourth-order valence-electron chi connectivity index (χ4n) is 3.35. The molecule has 0 aliphatic rings. The predicted molar refractivity (Wildman–Crippen MR) is 117 cm³/mol. The molecule has 0 aliphatic carbocycles. The number of benzene rings is 2. The molecule has 0 amide bonds. The molecule has 0 fully saturated rings. The Bertz CT molecular complexity index is 1200. The SMILES string of the molecule is Cc1ccc(OCC(O)Cn2nc(-c3cccs3)c3ccccc3c2=O)c(C)c1. The quantitative estimate of drug-likeness (QED) is 0.522. The lowest BCUT2D eigenvalue weighted by molar-refractivity contribution is 0.0879. The summed E-state index contributed by atoms with van der Waals surface area (Å²) in [6, 6.07) is 17.3. The molecule has 4 aromatic rings. The van der Waals surface area contributed by atoms with Crippen molar-refractivity contribution < 1.29 is 9.84 Å². The Morgan fingerprint density at radius 1 is 1.10 bits per heavy atom. The monoisotopic (exact) mass is 406 g/mol. The first-order valence-electron chi connectivity index (χ1n) is 9.45. The summed E-state index contributed by atoms with van der Waals surface area (Å²) in [7, 11) is 0. The molecule has 148 valence electrons. The maximum Gasteiger partial charge on any atom is 0.274 e. The van der Waals surface area contributed by atoms with Crippen LogP contribution in [0.3, 0.4) is 0 Å². The minimum absolute atomic E-state index is 0.0625. The molecule has 1 atom stereocenters. The average molecular weight is 407 g/mol. The molecule has 2 aromatic carbocycles. The topological polar surface area (TPSA) is 64.3 Å². The summed E-state index contributed by atoms with van der Waals surface area (Å²) in [6.07, 6.45) is -0.863. The molecule has 5 nitrogen and oxygen atoms in total. The van der Waals surface area contributed by atoms with Crippen LogP contribution < -0.4 is 10.3 Å². The van der Waals surface area contributed by atoms with Gasteiger partial charge in [-0.05, 0) is 43.0 Å². The summed E-state index contributed by atoms with van der Waals surface area (Å²) >= 11 is 1.57. The molecule has 0 spiro atoms. The van der Waals surface area contributed by atoms with E-state index in [-0.39, 0.29) is 18.7 Å². The van der Waals surface area contributed by atoms with E-state index in [1.807, 2.05) is 67.8 Å². The van der Waals surface area contributed by atoms with E-state index in [1.165, 1.54) is 4.68 Å². The highest BCUT2D eigenvalue weighted by molar-refractivity contribution is 7.13. The third-order valence-corrected chi connectivity index (χ3v) is 5.64. The van der Waals surface area contributed by atoms with Crippen molar-refractivity contribution in [3.63, 3.8) is 0 Å². The number of aliphatic hydroxyl groups excluding tert-OH is 1. The first-order chi connectivity index (χ1) is 14.0. The Morgan fingerprint density at radius 2 is 1.90 bits per heavy atom. The van der Waals surface area contributed by atoms with Crippen molar-refractivity contribution in [3.8, 4) is 16.3 Å². The maximum absolute atomic E-state index is 12.9. The van der Waals surface area contributed by atoms with E-state index in [2.05, 4.69) is 5.10 Å². The molecule has 2 heterocycles. The Kier molecular flexibility index (Phi) is 5.47. The third-order valence-electron chi connectivity index (χ3n) is 4.77. The average Bonchev–Trinajstić information content (AvgIpc) is 3.24. The van der Waals surface area contributed by atoms with Crippen molar-refractivity contribution in [2.45, 2.75) is 26.5 Å². The van der Waals surface area contributed by atoms with Crippen molar-refractivity contribution in [1.82, 2.24) is 9.78 Å². The Morgan fingerprint density at radius 3 is 2.62 bits per heavy atom. The number of rotatable bonds is 6. The van der Waals surface area contributed by atoms with Gasteiger partial charge in [-0.1, -0.05) is 42.0 Å². The minimum atomic E-state index is -0.863. The lowest BCUT2D eigenvalue weighted by atomic mass is 10.1. The van der Waals surface area contributed by atoms with Crippen LogP contribution in [-0.4, -0.2) is 27.6 Å². The summed E-state index contributed by atoms with van der Waals surface area (Å²) in [5.41, 5.74) is 2.70. The molecular formula is C23H22N2O3S. The Balaban J connectivity index is 1.60. The first-order valence-corrected chi connectivity index (χ1v) is 10.3. The normalized spacial score (nSPS) is 12.2. The number of ether oxygens (including phenoxy) is 1. The molecule has 29 heavy (non-hydrogen) atoms. The van der Waals surface area contributed by atoms with E-state index < -0.39 is 6.10 Å². The predicted octanol–water partition coefficient (Wildman–Crippen LogP) is 4.18. The number of fused-ring (bicyclic) bond motifs is 1. The lowest BCUT2D eigenvalue weighted by Gasteiger charge is -2.16. The second-order valence-corrected chi connectivity index (χ2v) is 8.04. The van der Waals surface area contributed by atoms with Gasteiger partial charge in [-0.2, -0.15) is 5.10 Å². The van der Waals surface area contributed by atoms with Crippen LogP contribution in [0.2, 0.25) is 0 Å². The van der Waals surface area contributed by atoms with Crippen LogP contribution in [0, 0.1) is 13.8 Å². The van der Waals surface area contributed by atoms with Crippen molar-refractivity contribution in [2.75, 3.05) is 6.61 Å². The first kappa shape index (κ1) is 19.4. The van der Waals surface area contributed by atoms with Gasteiger partial charge in [0, 0.05) is 5.39 Å². The highest BCUT2D eigenvalue weighted by Crippen LogP contribution is 2.28. The number of nitrogens with zero attached hydrogens (tertiary/aromatic N) is 2. The van der Waals surface area contributed by atoms with Crippen LogP contribution in [0.1, 0.15) is 11.1 Å². The van der Waals surface area contributed by atoms with E-state index in [0.717, 1.165) is 32.8 Å². The number of aromatic nitrogens is 2. The Labute approximate surface area is 172 Å². The lowest BCUT2D eigenvalue weighted by Crippen LogP contribution is -2.32. The summed E-state index contributed by atoms with van der Waals surface area (Å²) in [5, 5.41) is 18.5. The van der Waals surface area contributed by atoms with Crippen molar-refractivity contribution in [3.05, 3.63) is 81.5 Å². The molecule has 6 heteroatoms. The second kappa shape index (κ2) is 8.19. The highest BCUT2D eigenvalue weighted by Gasteiger charge is 2.16. The van der Waals surface area contributed by atoms with Gasteiger partial charge in [-0.15, -0.1) is 11.3 Å². The van der Waals surface area contributed by atoms with Gasteiger partial charge >= 0.3 is 0 Å². The molecule has 1 unspecified atom stereocenters. The third kappa shape index (κ3) is 4.09. The van der Waals surface area contributed by atoms with Gasteiger partial charge in [0.15, 0.2) is 0 Å². The van der Waals surface area contributed by atoms with Crippen LogP contribution in [0.4, 0.5) is 0 Å². The fourth-order valence-corrected chi connectivity index (χ4v) is 4.08. The summed E-state index contributed by atoms with van der Waals surface area (Å²) < 4.78 is 7.11. The van der Waals surface area contributed by atoms with Crippen LogP contribution in [0.25, 0.3) is 21.3 Å². The van der Waals surface area contributed by atoms with Gasteiger partial charge in [0.05, 0.1) is 16.8 Å². The number of aliphatic hydroxyl groups is 1. The van der Waals surface area contributed by atoms with E-state index >= 15 is 0 Å². The molecule has 0 radical (unpaired) electrons. The number of aryl methyl sites for hydroxylation is 2. The molecule has 2 aromatic heterocycles. The van der Waals surface area contributed by atoms with E-state index in [9.17, 15) is 9.90 Å². The minimum Gasteiger partial charge on any atom is -0.491 e. The molecular weight excluding hydrogens is 384 g/mol. The molecule has 0 saturated carbocycles. The molecule has 0 aliphatic heterocycles. The van der Waals surface area contributed by atoms with Crippen LogP contribution in [-0.2, 0) is 6.54 Å². The highest BCUT2D eigenvalue weighted by atomic mass is 32.1. The largest absolute Gasteiger partial charge is 0.491 e. The van der Waals surface area contributed by atoms with Gasteiger partial charge in [0.25, 0.3) is 5.56 Å². The molecule has 0 bridgehead atoms. The molecule has 4 rings (SSSR count). The van der Waals surface area contributed by atoms with Crippen molar-refractivity contribution in [2.24, 2.45) is 0 Å². The molecule has 1 N–H and O–H groups in total. The van der Waals surface area contributed by atoms with Gasteiger partial charge in [-0.25, -0.2) is 4.68 Å². The summed E-state index contributed by atoms with van der Waals surface area (Å²) in [6.45, 7) is 4.14. The fraction of sp³-hybridized carbons (Fsp3) is 0.217. The van der Waals surface area contributed by atoms with Gasteiger partial charge in [0.1, 0.15) is 24.2 Å². The zero-order valence-electron chi connectivity index (χ0n) is 16.3. The smallest absolute Gasteiger partial charge is 0.274 e. The van der Waals surface area contributed by atoms with Crippen molar-refractivity contribution in [1.29, 1.82) is 0 Å². The van der Waals surface area contributed by atoms with Crippen LogP contribution >= 0.6 is 11.3 Å². The van der Waals surface area contributed by atoms with Gasteiger partial charge < -0.3 is 9.84 Å². The van der Waals surface area contributed by atoms with Crippen LogP contribution in [0.5, 0.6) is 5.75 Å². The Hall–Kier alpha value is -2.96.